The molecule has 1 heterocycles. The number of rotatable bonds is 5. The fourth-order valence-corrected chi connectivity index (χ4v) is 1.66. The van der Waals surface area contributed by atoms with Gasteiger partial charge >= 0.3 is 12.0 Å². The van der Waals surface area contributed by atoms with Crippen molar-refractivity contribution < 1.29 is 14.3 Å². The molecule has 1 aromatic carbocycles. The standard InChI is InChI=1S/C15H15N3O3/c16-15(20)18-9-11-1-3-13(4-2-11)14(19)21-10-12-5-7-17-8-6-12/h1-8H,9-10H2,(H3,16,18,20). The summed E-state index contributed by atoms with van der Waals surface area (Å²) in [6.07, 6.45) is 3.29. The minimum atomic E-state index is -0.587. The molecule has 0 atom stereocenters. The predicted octanol–water partition coefficient (Wildman–Crippen LogP) is 1.61. The summed E-state index contributed by atoms with van der Waals surface area (Å²) in [7, 11) is 0. The highest BCUT2D eigenvalue weighted by molar-refractivity contribution is 5.89. The van der Waals surface area contributed by atoms with Crippen LogP contribution in [0.1, 0.15) is 21.5 Å². The molecule has 0 radical (unpaired) electrons. The third kappa shape index (κ3) is 4.61. The highest BCUT2D eigenvalue weighted by Crippen LogP contribution is 2.08. The summed E-state index contributed by atoms with van der Waals surface area (Å²) >= 11 is 0. The molecule has 0 unspecified atom stereocenters. The van der Waals surface area contributed by atoms with E-state index in [4.69, 9.17) is 10.5 Å². The third-order valence-electron chi connectivity index (χ3n) is 2.78. The molecule has 2 amide bonds. The van der Waals surface area contributed by atoms with Gasteiger partial charge in [-0.25, -0.2) is 9.59 Å². The first kappa shape index (κ1) is 14.5. The Labute approximate surface area is 121 Å². The molecule has 21 heavy (non-hydrogen) atoms. The van der Waals surface area contributed by atoms with E-state index in [-0.39, 0.29) is 6.61 Å². The smallest absolute Gasteiger partial charge is 0.338 e. The molecule has 0 aliphatic rings. The number of ether oxygens (including phenoxy) is 1. The number of benzene rings is 1. The zero-order valence-corrected chi connectivity index (χ0v) is 11.3. The van der Waals surface area contributed by atoms with Crippen molar-refractivity contribution in [3.05, 3.63) is 65.5 Å². The minimum Gasteiger partial charge on any atom is -0.457 e. The lowest BCUT2D eigenvalue weighted by molar-refractivity contribution is 0.0472. The second kappa shape index (κ2) is 7.04. The molecule has 6 heteroatoms. The number of amides is 2. The Morgan fingerprint density at radius 1 is 1.05 bits per heavy atom. The van der Waals surface area contributed by atoms with Crippen LogP contribution in [0.4, 0.5) is 4.79 Å². The van der Waals surface area contributed by atoms with Gasteiger partial charge in [-0.15, -0.1) is 0 Å². The average Bonchev–Trinajstić information content (AvgIpc) is 2.52. The number of carbonyl (C=O) groups excluding carboxylic acids is 2. The first-order valence-corrected chi connectivity index (χ1v) is 6.33. The maximum absolute atomic E-state index is 11.9. The molecule has 2 aromatic rings. The van der Waals surface area contributed by atoms with Crippen molar-refractivity contribution in [1.29, 1.82) is 0 Å². The van der Waals surface area contributed by atoms with Crippen molar-refractivity contribution in [3.8, 4) is 0 Å². The van der Waals surface area contributed by atoms with Crippen LogP contribution in [0.5, 0.6) is 0 Å². The zero-order chi connectivity index (χ0) is 15.1. The van der Waals surface area contributed by atoms with Crippen LogP contribution in [0.3, 0.4) is 0 Å². The Morgan fingerprint density at radius 3 is 2.33 bits per heavy atom. The number of primary amides is 1. The minimum absolute atomic E-state index is 0.201. The number of nitrogens with one attached hydrogen (secondary N) is 1. The number of urea groups is 1. The number of hydrogen-bond acceptors (Lipinski definition) is 4. The molecular formula is C15H15N3O3. The summed E-state index contributed by atoms with van der Waals surface area (Å²) in [4.78, 5) is 26.4. The summed E-state index contributed by atoms with van der Waals surface area (Å²) < 4.78 is 5.20. The molecule has 108 valence electrons. The van der Waals surface area contributed by atoms with Crippen LogP contribution >= 0.6 is 0 Å². The van der Waals surface area contributed by atoms with Crippen molar-refractivity contribution in [2.75, 3.05) is 0 Å². The molecule has 0 bridgehead atoms. The van der Waals surface area contributed by atoms with E-state index in [9.17, 15) is 9.59 Å². The van der Waals surface area contributed by atoms with Crippen molar-refractivity contribution in [1.82, 2.24) is 10.3 Å². The highest BCUT2D eigenvalue weighted by Gasteiger charge is 2.07. The maximum Gasteiger partial charge on any atom is 0.338 e. The van der Waals surface area contributed by atoms with E-state index in [2.05, 4.69) is 10.3 Å². The van der Waals surface area contributed by atoms with Crippen LogP contribution in [0.15, 0.2) is 48.8 Å². The van der Waals surface area contributed by atoms with Gasteiger partial charge in [-0.3, -0.25) is 4.98 Å². The number of hydrogen-bond donors (Lipinski definition) is 2. The predicted molar refractivity (Wildman–Crippen MR) is 76.2 cm³/mol. The van der Waals surface area contributed by atoms with E-state index in [1.165, 1.54) is 0 Å². The summed E-state index contributed by atoms with van der Waals surface area (Å²) in [6.45, 7) is 0.522. The number of pyridine rings is 1. The lowest BCUT2D eigenvalue weighted by Gasteiger charge is -2.06. The van der Waals surface area contributed by atoms with E-state index >= 15 is 0 Å². The molecule has 0 fully saturated rings. The monoisotopic (exact) mass is 285 g/mol. The zero-order valence-electron chi connectivity index (χ0n) is 11.3. The Balaban J connectivity index is 1.89. The van der Waals surface area contributed by atoms with Crippen molar-refractivity contribution in [2.45, 2.75) is 13.2 Å². The largest absolute Gasteiger partial charge is 0.457 e. The van der Waals surface area contributed by atoms with Gasteiger partial charge in [0.1, 0.15) is 6.61 Å². The molecule has 0 aliphatic heterocycles. The molecule has 3 N–H and O–H groups in total. The number of aromatic nitrogens is 1. The fourth-order valence-electron chi connectivity index (χ4n) is 1.66. The van der Waals surface area contributed by atoms with Gasteiger partial charge in [0.25, 0.3) is 0 Å². The van der Waals surface area contributed by atoms with Crippen LogP contribution in [0, 0.1) is 0 Å². The van der Waals surface area contributed by atoms with E-state index in [0.717, 1.165) is 11.1 Å². The van der Waals surface area contributed by atoms with Gasteiger partial charge in [-0.1, -0.05) is 12.1 Å². The quantitative estimate of drug-likeness (QED) is 0.816. The van der Waals surface area contributed by atoms with Gasteiger partial charge in [-0.2, -0.15) is 0 Å². The first-order chi connectivity index (χ1) is 10.1. The van der Waals surface area contributed by atoms with E-state index in [1.54, 1.807) is 48.8 Å². The molecule has 0 saturated heterocycles. The van der Waals surface area contributed by atoms with Gasteiger partial charge in [0, 0.05) is 18.9 Å². The van der Waals surface area contributed by atoms with Crippen LogP contribution < -0.4 is 11.1 Å². The Morgan fingerprint density at radius 2 is 1.71 bits per heavy atom. The molecule has 0 spiro atoms. The van der Waals surface area contributed by atoms with Gasteiger partial charge in [0.2, 0.25) is 0 Å². The Bertz CT molecular complexity index is 612. The lowest BCUT2D eigenvalue weighted by Crippen LogP contribution is -2.28. The Hall–Kier alpha value is -2.89. The maximum atomic E-state index is 11.9. The molecule has 0 saturated carbocycles. The number of nitrogens with two attached hydrogens (primary N) is 1. The SMILES string of the molecule is NC(=O)NCc1ccc(C(=O)OCc2ccncc2)cc1. The Kier molecular flexibility index (Phi) is 4.87. The fraction of sp³-hybridized carbons (Fsp3) is 0.133. The summed E-state index contributed by atoms with van der Waals surface area (Å²) in [5.41, 5.74) is 7.16. The summed E-state index contributed by atoms with van der Waals surface area (Å²) in [6, 6.07) is 9.74. The van der Waals surface area contributed by atoms with Gasteiger partial charge in [0.15, 0.2) is 0 Å². The lowest BCUT2D eigenvalue weighted by atomic mass is 10.1. The van der Waals surface area contributed by atoms with E-state index < -0.39 is 12.0 Å². The summed E-state index contributed by atoms with van der Waals surface area (Å²) in [5.74, 6) is -0.402. The van der Waals surface area contributed by atoms with Crippen LogP contribution in [-0.2, 0) is 17.9 Å². The molecule has 1 aromatic heterocycles. The number of carbonyl (C=O) groups is 2. The van der Waals surface area contributed by atoms with E-state index in [0.29, 0.717) is 12.1 Å². The topological polar surface area (TPSA) is 94.3 Å². The molecule has 0 aliphatic carbocycles. The van der Waals surface area contributed by atoms with Crippen LogP contribution in [0.2, 0.25) is 0 Å². The molecule has 2 rings (SSSR count). The van der Waals surface area contributed by atoms with Crippen molar-refractivity contribution in [2.24, 2.45) is 5.73 Å². The van der Waals surface area contributed by atoms with Crippen molar-refractivity contribution in [3.63, 3.8) is 0 Å². The molecule has 6 nitrogen and oxygen atoms in total. The van der Waals surface area contributed by atoms with Crippen molar-refractivity contribution >= 4 is 12.0 Å². The van der Waals surface area contributed by atoms with Crippen LogP contribution in [0.25, 0.3) is 0 Å². The van der Waals surface area contributed by atoms with Gasteiger partial charge < -0.3 is 15.8 Å². The average molecular weight is 285 g/mol. The summed E-state index contributed by atoms with van der Waals surface area (Å²) in [5, 5.41) is 2.47. The molecular weight excluding hydrogens is 270 g/mol. The third-order valence-corrected chi connectivity index (χ3v) is 2.78. The number of esters is 1. The first-order valence-electron chi connectivity index (χ1n) is 6.33. The second-order valence-corrected chi connectivity index (χ2v) is 4.35. The van der Waals surface area contributed by atoms with Gasteiger partial charge in [0.05, 0.1) is 5.56 Å². The second-order valence-electron chi connectivity index (χ2n) is 4.35. The van der Waals surface area contributed by atoms with E-state index in [1.807, 2.05) is 0 Å². The normalized spacial score (nSPS) is 9.90. The van der Waals surface area contributed by atoms with Crippen LogP contribution in [-0.4, -0.2) is 17.0 Å². The highest BCUT2D eigenvalue weighted by atomic mass is 16.5. The van der Waals surface area contributed by atoms with Gasteiger partial charge in [-0.05, 0) is 35.4 Å². The number of nitrogens with zero attached hydrogens (tertiary/aromatic N) is 1.